The first-order chi connectivity index (χ1) is 11.8. The Morgan fingerprint density at radius 1 is 1.28 bits per heavy atom. The molecule has 1 aromatic rings. The first kappa shape index (κ1) is 19.0. The number of ether oxygens (including phenoxy) is 1. The van der Waals surface area contributed by atoms with Gasteiger partial charge < -0.3 is 4.74 Å². The second-order valence-corrected chi connectivity index (χ2v) is 6.41. The van der Waals surface area contributed by atoms with E-state index in [2.05, 4.69) is 0 Å². The smallest absolute Gasteiger partial charge is 0.306 e. The number of allylic oxidation sites excluding steroid dienone is 1. The molecule has 0 aromatic heterocycles. The van der Waals surface area contributed by atoms with Gasteiger partial charge in [0.25, 0.3) is 11.3 Å². The normalized spacial score (nSPS) is 21.1. The van der Waals surface area contributed by atoms with Crippen LogP contribution in [0.3, 0.4) is 0 Å². The monoisotopic (exact) mass is 365 g/mol. The second-order valence-electron chi connectivity index (χ2n) is 5.56. The van der Waals surface area contributed by atoms with Gasteiger partial charge in [-0.05, 0) is 19.4 Å². The van der Waals surface area contributed by atoms with Crippen LogP contribution in [-0.4, -0.2) is 37.3 Å². The lowest BCUT2D eigenvalue weighted by molar-refractivity contribution is -0.147. The summed E-state index contributed by atoms with van der Waals surface area (Å²) in [5.41, 5.74) is 1.27. The Labute approximate surface area is 148 Å². The Balaban J connectivity index is 2.35. The van der Waals surface area contributed by atoms with Gasteiger partial charge in [-0.15, -0.1) is 0 Å². The maximum atomic E-state index is 12.5. The maximum Gasteiger partial charge on any atom is 0.306 e. The lowest BCUT2D eigenvalue weighted by Gasteiger charge is -2.30. The van der Waals surface area contributed by atoms with Gasteiger partial charge in [0, 0.05) is 17.7 Å². The van der Waals surface area contributed by atoms with Gasteiger partial charge in [-0.25, -0.2) is 8.51 Å². The van der Waals surface area contributed by atoms with Crippen molar-refractivity contribution in [3.8, 4) is 0 Å². The Bertz CT molecular complexity index is 727. The summed E-state index contributed by atoms with van der Waals surface area (Å²) in [6.07, 6.45) is 2.63. The Hall–Kier alpha value is -2.32. The highest BCUT2D eigenvalue weighted by molar-refractivity contribution is 7.77. The summed E-state index contributed by atoms with van der Waals surface area (Å²) in [6, 6.07) is 6.72. The van der Waals surface area contributed by atoms with Crippen molar-refractivity contribution in [1.29, 1.82) is 0 Å². The molecule has 1 aliphatic heterocycles. The van der Waals surface area contributed by atoms with Gasteiger partial charge in [-0.3, -0.25) is 18.9 Å². The van der Waals surface area contributed by atoms with E-state index in [4.69, 9.17) is 4.74 Å². The number of esters is 1. The number of benzene rings is 1. The van der Waals surface area contributed by atoms with E-state index < -0.39 is 35.0 Å². The molecule has 25 heavy (non-hydrogen) atoms. The lowest BCUT2D eigenvalue weighted by Crippen LogP contribution is -2.40. The number of amides is 1. The number of Topliss-reactive ketones (excluding diaryl/α,β-unsaturated/α-hetero) is 1. The quantitative estimate of drug-likeness (QED) is 0.470. The Kier molecular flexibility index (Phi) is 6.22. The van der Waals surface area contributed by atoms with Crippen LogP contribution in [0.5, 0.6) is 0 Å². The van der Waals surface area contributed by atoms with Crippen LogP contribution < -0.4 is 0 Å². The molecule has 0 aliphatic carbocycles. The lowest BCUT2D eigenvalue weighted by atomic mass is 9.81. The predicted molar refractivity (Wildman–Crippen MR) is 90.7 cm³/mol. The number of nitrogens with zero attached hydrogens (tertiary/aromatic N) is 1. The molecular formula is C17H19NO6S. The molecule has 1 amide bonds. The standard InChI is InChI=1S/C17H19NO6S/c1-3-24-16(20)10-15-14(8-9-18(17(15)21)25(22)23)13-6-4-12(5-7-13)11(2)19/h4-9,14-15H,3,10H2,1-2H3,(H,22,23)/t14-,15+/m1/s1. The van der Waals surface area contributed by atoms with Crippen LogP contribution in [0.15, 0.2) is 36.5 Å². The largest absolute Gasteiger partial charge is 0.466 e. The van der Waals surface area contributed by atoms with E-state index in [9.17, 15) is 23.1 Å². The average Bonchev–Trinajstić information content (AvgIpc) is 2.56. The second kappa shape index (κ2) is 8.17. The number of carbonyl (C=O) groups excluding carboxylic acids is 3. The van der Waals surface area contributed by atoms with Crippen LogP contribution in [0, 0.1) is 5.92 Å². The minimum absolute atomic E-state index is 0.0771. The Morgan fingerprint density at radius 2 is 1.92 bits per heavy atom. The molecule has 134 valence electrons. The number of carbonyl (C=O) groups is 3. The molecule has 1 N–H and O–H groups in total. The van der Waals surface area contributed by atoms with Gasteiger partial charge in [0.15, 0.2) is 5.78 Å². The summed E-state index contributed by atoms with van der Waals surface area (Å²) in [5.74, 6) is -2.57. The third-order valence-electron chi connectivity index (χ3n) is 3.96. The van der Waals surface area contributed by atoms with Crippen molar-refractivity contribution in [1.82, 2.24) is 4.31 Å². The molecule has 0 saturated carbocycles. The average molecular weight is 365 g/mol. The van der Waals surface area contributed by atoms with Crippen LogP contribution >= 0.6 is 0 Å². The van der Waals surface area contributed by atoms with Gasteiger partial charge >= 0.3 is 5.97 Å². The van der Waals surface area contributed by atoms with E-state index in [-0.39, 0.29) is 18.8 Å². The summed E-state index contributed by atoms with van der Waals surface area (Å²) in [5, 5.41) is 0. The third kappa shape index (κ3) is 4.40. The molecule has 1 unspecified atom stereocenters. The highest BCUT2D eigenvalue weighted by atomic mass is 32.2. The zero-order chi connectivity index (χ0) is 18.6. The molecule has 0 spiro atoms. The fourth-order valence-electron chi connectivity index (χ4n) is 2.72. The van der Waals surface area contributed by atoms with E-state index in [1.165, 1.54) is 13.1 Å². The number of hydrogen-bond acceptors (Lipinski definition) is 5. The van der Waals surface area contributed by atoms with Gasteiger partial charge in [-0.2, -0.15) is 0 Å². The molecule has 1 heterocycles. The van der Waals surface area contributed by atoms with Crippen molar-refractivity contribution in [2.45, 2.75) is 26.2 Å². The summed E-state index contributed by atoms with van der Waals surface area (Å²) in [4.78, 5) is 35.8. The number of rotatable bonds is 6. The van der Waals surface area contributed by atoms with Gasteiger partial charge in [0.1, 0.15) is 0 Å². The molecular weight excluding hydrogens is 346 g/mol. The molecule has 3 atom stereocenters. The fraction of sp³-hybridized carbons (Fsp3) is 0.353. The van der Waals surface area contributed by atoms with Crippen LogP contribution in [-0.2, 0) is 25.6 Å². The molecule has 8 heteroatoms. The first-order valence-corrected chi connectivity index (χ1v) is 8.80. The van der Waals surface area contributed by atoms with Gasteiger partial charge in [-0.1, -0.05) is 30.3 Å². The predicted octanol–water partition coefficient (Wildman–Crippen LogP) is 2.03. The fourth-order valence-corrected chi connectivity index (χ4v) is 3.19. The van der Waals surface area contributed by atoms with Crippen molar-refractivity contribution in [3.05, 3.63) is 47.7 Å². The highest BCUT2D eigenvalue weighted by Gasteiger charge is 2.38. The van der Waals surface area contributed by atoms with E-state index in [1.807, 2.05) is 0 Å². The minimum atomic E-state index is -2.50. The van der Waals surface area contributed by atoms with Crippen molar-refractivity contribution in [2.75, 3.05) is 6.61 Å². The first-order valence-electron chi connectivity index (χ1n) is 7.74. The van der Waals surface area contributed by atoms with Crippen LogP contribution in [0.4, 0.5) is 0 Å². The van der Waals surface area contributed by atoms with E-state index in [0.717, 1.165) is 5.56 Å². The molecule has 7 nitrogen and oxygen atoms in total. The Morgan fingerprint density at radius 3 is 2.44 bits per heavy atom. The van der Waals surface area contributed by atoms with Gasteiger partial charge in [0.05, 0.1) is 18.9 Å². The zero-order valence-corrected chi connectivity index (χ0v) is 14.7. The van der Waals surface area contributed by atoms with E-state index in [0.29, 0.717) is 9.87 Å². The maximum absolute atomic E-state index is 12.5. The number of hydrogen-bond donors (Lipinski definition) is 1. The van der Waals surface area contributed by atoms with E-state index in [1.54, 1.807) is 37.3 Å². The summed E-state index contributed by atoms with van der Waals surface area (Å²) in [6.45, 7) is 3.30. The van der Waals surface area contributed by atoms with Crippen molar-refractivity contribution in [2.24, 2.45) is 5.92 Å². The van der Waals surface area contributed by atoms with Crippen molar-refractivity contribution in [3.63, 3.8) is 0 Å². The third-order valence-corrected chi connectivity index (χ3v) is 4.60. The topological polar surface area (TPSA) is 101 Å². The summed E-state index contributed by atoms with van der Waals surface area (Å²) < 4.78 is 26.1. The molecule has 0 bridgehead atoms. The van der Waals surface area contributed by atoms with Gasteiger partial charge in [0.2, 0.25) is 5.91 Å². The number of ketones is 1. The van der Waals surface area contributed by atoms with Crippen molar-refractivity contribution < 1.29 is 27.9 Å². The minimum Gasteiger partial charge on any atom is -0.466 e. The van der Waals surface area contributed by atoms with Crippen LogP contribution in [0.1, 0.15) is 42.1 Å². The molecule has 0 saturated heterocycles. The van der Waals surface area contributed by atoms with Crippen molar-refractivity contribution >= 4 is 28.9 Å². The van der Waals surface area contributed by atoms with Crippen LogP contribution in [0.25, 0.3) is 0 Å². The summed E-state index contributed by atoms with van der Waals surface area (Å²) >= 11 is -2.50. The molecule has 1 aliphatic rings. The molecule has 0 fully saturated rings. The molecule has 0 radical (unpaired) electrons. The van der Waals surface area contributed by atoms with E-state index >= 15 is 0 Å². The zero-order valence-electron chi connectivity index (χ0n) is 13.9. The van der Waals surface area contributed by atoms with Crippen LogP contribution in [0.2, 0.25) is 0 Å². The SMILES string of the molecule is CCOC(=O)C[C@@H]1C(=O)N(S(=O)O)C=C[C@@H]1c1ccc(C(C)=O)cc1. The molecule has 1 aromatic carbocycles. The highest BCUT2D eigenvalue weighted by Crippen LogP contribution is 2.34. The molecule has 2 rings (SSSR count). The summed E-state index contributed by atoms with van der Waals surface area (Å²) in [7, 11) is 0.